The number of aromatic nitrogens is 2. The van der Waals surface area contributed by atoms with Crippen molar-refractivity contribution < 1.29 is 9.90 Å². The minimum absolute atomic E-state index is 0.0734. The van der Waals surface area contributed by atoms with Gasteiger partial charge in [0.05, 0.1) is 18.0 Å². The second-order valence-corrected chi connectivity index (χ2v) is 5.39. The molecule has 106 valence electrons. The van der Waals surface area contributed by atoms with Crippen molar-refractivity contribution in [3.05, 3.63) is 63.8 Å². The first-order valence-corrected chi connectivity index (χ1v) is 6.92. The van der Waals surface area contributed by atoms with Crippen LogP contribution in [0.2, 0.25) is 10.0 Å². The topological polar surface area (TPSA) is 57.9 Å². The number of carboxylic acids is 1. The zero-order valence-corrected chi connectivity index (χ0v) is 12.2. The van der Waals surface area contributed by atoms with Gasteiger partial charge in [0, 0.05) is 15.4 Å². The largest absolute Gasteiger partial charge is 0.543 e. The quantitative estimate of drug-likeness (QED) is 0.745. The van der Waals surface area contributed by atoms with Gasteiger partial charge in [0.2, 0.25) is 0 Å². The van der Waals surface area contributed by atoms with Crippen LogP contribution in [-0.4, -0.2) is 15.7 Å². The number of aromatic carboxylic acids is 1. The SMILES string of the molecule is O=C([O-])c1nn(Cc2ccc(Cl)cc2Cl)c2ccccc12. The Hall–Kier alpha value is -2.04. The third-order valence-electron chi connectivity index (χ3n) is 3.19. The summed E-state index contributed by atoms with van der Waals surface area (Å²) in [6.07, 6.45) is 0. The first kappa shape index (κ1) is 13.9. The highest BCUT2D eigenvalue weighted by Gasteiger charge is 2.12. The number of nitrogens with zero attached hydrogens (tertiary/aromatic N) is 2. The monoisotopic (exact) mass is 319 g/mol. The third kappa shape index (κ3) is 2.60. The molecule has 0 unspecified atom stereocenters. The van der Waals surface area contributed by atoms with Crippen LogP contribution in [0, 0.1) is 0 Å². The van der Waals surface area contributed by atoms with E-state index in [0.29, 0.717) is 27.5 Å². The van der Waals surface area contributed by atoms with E-state index in [9.17, 15) is 9.90 Å². The Labute approximate surface area is 130 Å². The lowest BCUT2D eigenvalue weighted by Gasteiger charge is -2.06. The molecule has 1 heterocycles. The fourth-order valence-corrected chi connectivity index (χ4v) is 2.68. The average molecular weight is 320 g/mol. The van der Waals surface area contributed by atoms with Crippen LogP contribution in [0.25, 0.3) is 10.9 Å². The third-order valence-corrected chi connectivity index (χ3v) is 3.77. The Morgan fingerprint density at radius 3 is 2.67 bits per heavy atom. The van der Waals surface area contributed by atoms with Crippen molar-refractivity contribution in [1.82, 2.24) is 9.78 Å². The summed E-state index contributed by atoms with van der Waals surface area (Å²) >= 11 is 12.0. The molecule has 4 nitrogen and oxygen atoms in total. The van der Waals surface area contributed by atoms with E-state index >= 15 is 0 Å². The number of para-hydroxylation sites is 1. The maximum Gasteiger partial charge on any atom is 0.116 e. The Bertz CT molecular complexity index is 843. The zero-order valence-electron chi connectivity index (χ0n) is 10.7. The standard InChI is InChI=1S/C15H10Cl2N2O2/c16-10-6-5-9(12(17)7-10)8-19-13-4-2-1-3-11(13)14(18-19)15(20)21/h1-7H,8H2,(H,20,21)/p-1. The van der Waals surface area contributed by atoms with Crippen LogP contribution in [0.15, 0.2) is 42.5 Å². The van der Waals surface area contributed by atoms with Gasteiger partial charge in [-0.15, -0.1) is 0 Å². The van der Waals surface area contributed by atoms with Gasteiger partial charge in [-0.1, -0.05) is 47.5 Å². The van der Waals surface area contributed by atoms with Gasteiger partial charge in [-0.25, -0.2) is 0 Å². The molecule has 0 saturated carbocycles. The molecule has 0 aliphatic carbocycles. The molecule has 0 aliphatic rings. The maximum atomic E-state index is 11.2. The molecule has 0 saturated heterocycles. The van der Waals surface area contributed by atoms with E-state index in [0.717, 1.165) is 5.56 Å². The van der Waals surface area contributed by atoms with Crippen molar-refractivity contribution in [2.75, 3.05) is 0 Å². The number of benzene rings is 2. The van der Waals surface area contributed by atoms with Crippen molar-refractivity contribution >= 4 is 40.1 Å². The smallest absolute Gasteiger partial charge is 0.116 e. The number of hydrogen-bond donors (Lipinski definition) is 0. The molecule has 21 heavy (non-hydrogen) atoms. The normalized spacial score (nSPS) is 11.0. The fourth-order valence-electron chi connectivity index (χ4n) is 2.21. The summed E-state index contributed by atoms with van der Waals surface area (Å²) in [4.78, 5) is 11.2. The Kier molecular flexibility index (Phi) is 3.57. The number of hydrogen-bond acceptors (Lipinski definition) is 3. The summed E-state index contributed by atoms with van der Waals surface area (Å²) in [6, 6.07) is 12.3. The molecule has 0 radical (unpaired) electrons. The number of halogens is 2. The number of carbonyl (C=O) groups excluding carboxylic acids is 1. The van der Waals surface area contributed by atoms with Gasteiger partial charge in [0.25, 0.3) is 0 Å². The van der Waals surface area contributed by atoms with E-state index in [1.807, 2.05) is 6.07 Å². The highest BCUT2D eigenvalue weighted by atomic mass is 35.5. The molecule has 2 aromatic carbocycles. The Morgan fingerprint density at radius 2 is 1.95 bits per heavy atom. The molecule has 3 rings (SSSR count). The highest BCUT2D eigenvalue weighted by Crippen LogP contribution is 2.24. The molecule has 0 atom stereocenters. The van der Waals surface area contributed by atoms with Crippen LogP contribution < -0.4 is 5.11 Å². The first-order valence-electron chi connectivity index (χ1n) is 6.17. The van der Waals surface area contributed by atoms with Crippen LogP contribution >= 0.6 is 23.2 Å². The van der Waals surface area contributed by atoms with E-state index < -0.39 is 5.97 Å². The van der Waals surface area contributed by atoms with Crippen LogP contribution in [-0.2, 0) is 6.54 Å². The summed E-state index contributed by atoms with van der Waals surface area (Å²) in [5.41, 5.74) is 1.44. The zero-order chi connectivity index (χ0) is 15.0. The van der Waals surface area contributed by atoms with Gasteiger partial charge in [-0.05, 0) is 23.8 Å². The van der Waals surface area contributed by atoms with Crippen LogP contribution in [0.4, 0.5) is 0 Å². The van der Waals surface area contributed by atoms with Crippen molar-refractivity contribution in [2.24, 2.45) is 0 Å². The Balaban J connectivity index is 2.10. The predicted octanol–water partition coefficient (Wildman–Crippen LogP) is 2.75. The molecule has 0 spiro atoms. The minimum Gasteiger partial charge on any atom is -0.543 e. The molecule has 0 fully saturated rings. The molecule has 0 aliphatic heterocycles. The summed E-state index contributed by atoms with van der Waals surface area (Å²) in [5, 5.41) is 16.9. The molecule has 0 bridgehead atoms. The number of carboxylic acid groups (broad SMARTS) is 1. The molecule has 6 heteroatoms. The molecule has 3 aromatic rings. The summed E-state index contributed by atoms with van der Waals surface area (Å²) in [6.45, 7) is 0.351. The van der Waals surface area contributed by atoms with Crippen molar-refractivity contribution in [3.8, 4) is 0 Å². The van der Waals surface area contributed by atoms with E-state index in [1.165, 1.54) is 0 Å². The number of carbonyl (C=O) groups is 1. The Morgan fingerprint density at radius 1 is 1.19 bits per heavy atom. The van der Waals surface area contributed by atoms with E-state index in [2.05, 4.69) is 5.10 Å². The molecule has 0 amide bonds. The molecular weight excluding hydrogens is 311 g/mol. The van der Waals surface area contributed by atoms with Gasteiger partial charge in [0.15, 0.2) is 0 Å². The lowest BCUT2D eigenvalue weighted by Crippen LogP contribution is -2.23. The fraction of sp³-hybridized carbons (Fsp3) is 0.0667. The molecule has 1 aromatic heterocycles. The van der Waals surface area contributed by atoms with Gasteiger partial charge >= 0.3 is 0 Å². The van der Waals surface area contributed by atoms with E-state index in [1.54, 1.807) is 41.1 Å². The maximum absolute atomic E-state index is 11.2. The molecule has 0 N–H and O–H groups in total. The van der Waals surface area contributed by atoms with Crippen molar-refractivity contribution in [3.63, 3.8) is 0 Å². The number of rotatable bonds is 3. The van der Waals surface area contributed by atoms with Gasteiger partial charge in [-0.2, -0.15) is 5.10 Å². The van der Waals surface area contributed by atoms with Gasteiger partial charge < -0.3 is 9.90 Å². The summed E-state index contributed by atoms with van der Waals surface area (Å²) in [5.74, 6) is -1.30. The van der Waals surface area contributed by atoms with Crippen LogP contribution in [0.5, 0.6) is 0 Å². The number of fused-ring (bicyclic) bond motifs is 1. The van der Waals surface area contributed by atoms with Crippen molar-refractivity contribution in [2.45, 2.75) is 6.54 Å². The molecular formula is C15H9Cl2N2O2-. The van der Waals surface area contributed by atoms with Crippen LogP contribution in [0.3, 0.4) is 0 Å². The van der Waals surface area contributed by atoms with E-state index in [4.69, 9.17) is 23.2 Å². The van der Waals surface area contributed by atoms with E-state index in [-0.39, 0.29) is 5.69 Å². The van der Waals surface area contributed by atoms with Gasteiger partial charge in [0.1, 0.15) is 5.69 Å². The summed E-state index contributed by atoms with van der Waals surface area (Å²) < 4.78 is 1.59. The highest BCUT2D eigenvalue weighted by molar-refractivity contribution is 6.35. The van der Waals surface area contributed by atoms with Crippen LogP contribution in [0.1, 0.15) is 16.1 Å². The summed E-state index contributed by atoms with van der Waals surface area (Å²) in [7, 11) is 0. The van der Waals surface area contributed by atoms with Crippen molar-refractivity contribution in [1.29, 1.82) is 0 Å². The lowest BCUT2D eigenvalue weighted by atomic mass is 10.2. The first-order chi connectivity index (χ1) is 10.1. The minimum atomic E-state index is -1.30. The average Bonchev–Trinajstić information content (AvgIpc) is 2.81. The second-order valence-electron chi connectivity index (χ2n) is 4.55. The second kappa shape index (κ2) is 5.39. The van der Waals surface area contributed by atoms with Gasteiger partial charge in [-0.3, -0.25) is 4.68 Å². The lowest BCUT2D eigenvalue weighted by molar-refractivity contribution is -0.255. The predicted molar refractivity (Wildman–Crippen MR) is 79.6 cm³/mol.